The van der Waals surface area contributed by atoms with Gasteiger partial charge in [0.25, 0.3) is 0 Å². The first-order valence-corrected chi connectivity index (χ1v) is 32.3. The summed E-state index contributed by atoms with van der Waals surface area (Å²) in [5.41, 5.74) is 0. The van der Waals surface area contributed by atoms with Crippen molar-refractivity contribution in [2.24, 2.45) is 0 Å². The van der Waals surface area contributed by atoms with Gasteiger partial charge in [-0.15, -0.1) is 0 Å². The minimum absolute atomic E-state index is 0.104. The minimum Gasteiger partial charge on any atom is -0.462 e. The zero-order chi connectivity index (χ0) is 57.1. The third-order valence-corrected chi connectivity index (χ3v) is 13.3. The molecule has 6 nitrogen and oxygen atoms in total. The number of rotatable bonds is 57. The van der Waals surface area contributed by atoms with E-state index < -0.39 is 6.10 Å². The van der Waals surface area contributed by atoms with Gasteiger partial charge in [-0.2, -0.15) is 0 Å². The molecule has 446 valence electrons. The van der Waals surface area contributed by atoms with Crippen LogP contribution in [0.3, 0.4) is 0 Å². The van der Waals surface area contributed by atoms with Gasteiger partial charge in [0, 0.05) is 19.3 Å². The molecule has 0 aliphatic carbocycles. The number of esters is 3. The largest absolute Gasteiger partial charge is 0.462 e. The highest BCUT2D eigenvalue weighted by Gasteiger charge is 2.19. The minimum atomic E-state index is -0.811. The van der Waals surface area contributed by atoms with Gasteiger partial charge in [-0.05, 0) is 141 Å². The molecule has 0 aliphatic heterocycles. The Labute approximate surface area is 487 Å². The lowest BCUT2D eigenvalue weighted by molar-refractivity contribution is -0.167. The van der Waals surface area contributed by atoms with Crippen LogP contribution in [0.4, 0.5) is 0 Å². The van der Waals surface area contributed by atoms with Crippen LogP contribution < -0.4 is 0 Å². The van der Waals surface area contributed by atoms with E-state index in [-0.39, 0.29) is 31.1 Å². The summed E-state index contributed by atoms with van der Waals surface area (Å²) in [5.74, 6) is -0.968. The van der Waals surface area contributed by atoms with Crippen LogP contribution in [0.15, 0.2) is 146 Å². The molecule has 0 radical (unpaired) electrons. The Hall–Kier alpha value is -4.71. The van der Waals surface area contributed by atoms with Crippen LogP contribution >= 0.6 is 0 Å². The van der Waals surface area contributed by atoms with Gasteiger partial charge in [-0.3, -0.25) is 14.4 Å². The third kappa shape index (κ3) is 64.0. The van der Waals surface area contributed by atoms with Crippen molar-refractivity contribution in [1.82, 2.24) is 0 Å². The first-order valence-electron chi connectivity index (χ1n) is 32.3. The maximum absolute atomic E-state index is 12.9. The van der Waals surface area contributed by atoms with Gasteiger partial charge in [0.05, 0.1) is 0 Å². The molecule has 0 aromatic heterocycles. The van der Waals surface area contributed by atoms with Gasteiger partial charge in [-0.25, -0.2) is 0 Å². The zero-order valence-electron chi connectivity index (χ0n) is 51.1. The first-order chi connectivity index (χ1) is 39.0. The molecular weight excluding hydrogens is 973 g/mol. The Morgan fingerprint density at radius 1 is 0.266 bits per heavy atom. The van der Waals surface area contributed by atoms with Crippen LogP contribution in [0, 0.1) is 0 Å². The van der Waals surface area contributed by atoms with Gasteiger partial charge in [-0.1, -0.05) is 263 Å². The standard InChI is InChI=1S/C73H118O6/c1-4-7-10-13-16-19-22-24-26-28-30-32-34-35-36-37-39-40-42-44-46-48-51-54-57-60-63-66-72(75)78-69-70(68-77-71(74)65-62-59-56-53-50-21-18-15-12-9-6-3)79-73(76)67-64-61-58-55-52-49-47-45-43-41-38-33-31-29-27-25-23-20-17-14-11-8-5-2/h7,10,15-16,18-19,23-26,29-32,35-36,38-41,44,46,51,54,70H,4-6,8-9,11-14,17,20-22,27-28,33-34,37,42-43,45,47-50,52-53,55-69H2,1-3H3/b10-7-,18-15-,19-16-,25-23-,26-24-,31-29-,32-30-,36-35-,40-39-,41-38-,46-44-,54-51-. The lowest BCUT2D eigenvalue weighted by Crippen LogP contribution is -2.30. The summed E-state index contributed by atoms with van der Waals surface area (Å²) in [4.78, 5) is 38.3. The second-order valence-corrected chi connectivity index (χ2v) is 20.9. The Morgan fingerprint density at radius 3 is 0.848 bits per heavy atom. The summed E-state index contributed by atoms with van der Waals surface area (Å²) in [6.45, 7) is 6.43. The SMILES string of the molecule is CC/C=C\C/C=C\C/C=C\C/C=C\C/C=C\C/C=C\C/C=C\C/C=C\CCCCC(=O)OCC(COC(=O)CCCCCCC/C=C\CCCC)OC(=O)CCCCCCCCCC/C=C\C/C=C\C/C=C\CCCCCCC. The Bertz CT molecular complexity index is 1730. The molecule has 79 heavy (non-hydrogen) atoms. The normalized spacial score (nSPS) is 13.1. The summed E-state index contributed by atoms with van der Waals surface area (Å²) >= 11 is 0. The van der Waals surface area contributed by atoms with Gasteiger partial charge < -0.3 is 14.2 Å². The first kappa shape index (κ1) is 74.3. The molecule has 0 heterocycles. The van der Waals surface area contributed by atoms with E-state index in [9.17, 15) is 14.4 Å². The highest BCUT2D eigenvalue weighted by atomic mass is 16.6. The monoisotopic (exact) mass is 1090 g/mol. The van der Waals surface area contributed by atoms with Crippen molar-refractivity contribution < 1.29 is 28.6 Å². The summed E-state index contributed by atoms with van der Waals surface area (Å²) in [7, 11) is 0. The summed E-state index contributed by atoms with van der Waals surface area (Å²) < 4.78 is 16.9. The predicted molar refractivity (Wildman–Crippen MR) is 343 cm³/mol. The average Bonchev–Trinajstić information content (AvgIpc) is 3.45. The fourth-order valence-corrected chi connectivity index (χ4v) is 8.45. The summed E-state index contributed by atoms with van der Waals surface area (Å²) in [5, 5.41) is 0. The Morgan fingerprint density at radius 2 is 0.506 bits per heavy atom. The predicted octanol–water partition coefficient (Wildman–Crippen LogP) is 22.3. The molecule has 1 atom stereocenters. The lowest BCUT2D eigenvalue weighted by Gasteiger charge is -2.18. The van der Waals surface area contributed by atoms with Gasteiger partial charge >= 0.3 is 17.9 Å². The van der Waals surface area contributed by atoms with Crippen molar-refractivity contribution in [3.63, 3.8) is 0 Å². The smallest absolute Gasteiger partial charge is 0.306 e. The topological polar surface area (TPSA) is 78.9 Å². The van der Waals surface area contributed by atoms with Crippen LogP contribution in [0.2, 0.25) is 0 Å². The van der Waals surface area contributed by atoms with Crippen molar-refractivity contribution in [2.75, 3.05) is 13.2 Å². The molecule has 0 amide bonds. The number of hydrogen-bond acceptors (Lipinski definition) is 6. The fraction of sp³-hybridized carbons (Fsp3) is 0.630. The molecule has 0 rings (SSSR count). The highest BCUT2D eigenvalue weighted by Crippen LogP contribution is 2.14. The summed E-state index contributed by atoms with van der Waals surface area (Å²) in [6.07, 6.45) is 94.3. The maximum Gasteiger partial charge on any atom is 0.306 e. The molecule has 0 saturated heterocycles. The van der Waals surface area contributed by atoms with E-state index in [1.54, 1.807) is 0 Å². The van der Waals surface area contributed by atoms with Crippen molar-refractivity contribution >= 4 is 17.9 Å². The van der Waals surface area contributed by atoms with Gasteiger partial charge in [0.15, 0.2) is 6.10 Å². The van der Waals surface area contributed by atoms with Crippen molar-refractivity contribution in [3.05, 3.63) is 146 Å². The zero-order valence-corrected chi connectivity index (χ0v) is 51.1. The number of carbonyl (C=O) groups is 3. The molecule has 0 spiro atoms. The van der Waals surface area contributed by atoms with Gasteiger partial charge in [0.1, 0.15) is 13.2 Å². The Balaban J connectivity index is 4.42. The molecule has 0 saturated carbocycles. The van der Waals surface area contributed by atoms with E-state index in [1.807, 2.05) is 0 Å². The molecule has 0 aromatic carbocycles. The molecule has 0 bridgehead atoms. The van der Waals surface area contributed by atoms with E-state index in [2.05, 4.69) is 167 Å². The number of allylic oxidation sites excluding steroid dienone is 24. The molecular formula is C73H118O6. The molecule has 0 aliphatic rings. The van der Waals surface area contributed by atoms with Crippen LogP contribution in [-0.4, -0.2) is 37.2 Å². The van der Waals surface area contributed by atoms with Crippen molar-refractivity contribution in [3.8, 4) is 0 Å². The van der Waals surface area contributed by atoms with Crippen LogP contribution in [0.25, 0.3) is 0 Å². The van der Waals surface area contributed by atoms with Crippen molar-refractivity contribution in [1.29, 1.82) is 0 Å². The van der Waals surface area contributed by atoms with Crippen LogP contribution in [-0.2, 0) is 28.6 Å². The number of carbonyl (C=O) groups excluding carboxylic acids is 3. The van der Waals surface area contributed by atoms with E-state index in [0.29, 0.717) is 25.7 Å². The quantitative estimate of drug-likeness (QED) is 0.0261. The number of ether oxygens (including phenoxy) is 3. The average molecular weight is 1090 g/mol. The van der Waals surface area contributed by atoms with Crippen LogP contribution in [0.5, 0.6) is 0 Å². The highest BCUT2D eigenvalue weighted by molar-refractivity contribution is 5.71. The number of hydrogen-bond donors (Lipinski definition) is 0. The van der Waals surface area contributed by atoms with Crippen LogP contribution in [0.1, 0.15) is 278 Å². The summed E-state index contributed by atoms with van der Waals surface area (Å²) in [6, 6.07) is 0. The second-order valence-electron chi connectivity index (χ2n) is 20.9. The third-order valence-electron chi connectivity index (χ3n) is 13.3. The van der Waals surface area contributed by atoms with E-state index in [1.165, 1.54) is 96.3 Å². The second kappa shape index (κ2) is 65.8. The number of unbranched alkanes of at least 4 members (excludes halogenated alkanes) is 22. The van der Waals surface area contributed by atoms with E-state index in [4.69, 9.17) is 14.2 Å². The Kier molecular flexibility index (Phi) is 61.9. The molecule has 0 aromatic rings. The maximum atomic E-state index is 12.9. The fourth-order valence-electron chi connectivity index (χ4n) is 8.45. The molecule has 0 fully saturated rings. The van der Waals surface area contributed by atoms with Gasteiger partial charge in [0.2, 0.25) is 0 Å². The molecule has 6 heteroatoms. The molecule has 1 unspecified atom stereocenters. The molecule has 0 N–H and O–H groups in total. The van der Waals surface area contributed by atoms with E-state index >= 15 is 0 Å². The van der Waals surface area contributed by atoms with Crippen molar-refractivity contribution in [2.45, 2.75) is 284 Å². The van der Waals surface area contributed by atoms with E-state index in [0.717, 1.165) is 135 Å². The lowest BCUT2D eigenvalue weighted by atomic mass is 10.1.